The highest BCUT2D eigenvalue weighted by Crippen LogP contribution is 2.18. The van der Waals surface area contributed by atoms with Crippen molar-refractivity contribution in [3.8, 4) is 5.75 Å². The first kappa shape index (κ1) is 19.5. The van der Waals surface area contributed by atoms with Crippen molar-refractivity contribution in [1.82, 2.24) is 0 Å². The number of thiophene rings is 1. The molecule has 0 unspecified atom stereocenters. The van der Waals surface area contributed by atoms with Crippen molar-refractivity contribution in [1.29, 1.82) is 0 Å². The molecule has 0 radical (unpaired) electrons. The van der Waals surface area contributed by atoms with Crippen molar-refractivity contribution in [2.45, 2.75) is 19.8 Å². The maximum Gasteiger partial charge on any atom is 0.311 e. The average Bonchev–Trinajstić information content (AvgIpc) is 3.22. The zero-order valence-corrected chi connectivity index (χ0v) is 16.1. The van der Waals surface area contributed by atoms with Crippen LogP contribution in [0.2, 0.25) is 0 Å². The van der Waals surface area contributed by atoms with Crippen LogP contribution in [0.1, 0.15) is 38.4 Å². The molecular weight excluding hydrogens is 374 g/mol. The molecule has 1 aromatic heterocycles. The summed E-state index contributed by atoms with van der Waals surface area (Å²) in [6.07, 6.45) is 0.132. The van der Waals surface area contributed by atoms with E-state index in [1.165, 1.54) is 11.3 Å². The smallest absolute Gasteiger partial charge is 0.311 e. The van der Waals surface area contributed by atoms with Crippen LogP contribution < -0.4 is 10.1 Å². The van der Waals surface area contributed by atoms with E-state index in [1.807, 2.05) is 30.5 Å². The summed E-state index contributed by atoms with van der Waals surface area (Å²) in [6, 6.07) is 17.4. The maximum absolute atomic E-state index is 12.2. The molecule has 1 heterocycles. The number of ketones is 1. The number of carbonyl (C=O) groups excluding carboxylic acids is 3. The van der Waals surface area contributed by atoms with Gasteiger partial charge in [-0.15, -0.1) is 11.3 Å². The summed E-state index contributed by atoms with van der Waals surface area (Å²) in [6.45, 7) is 1.92. The van der Waals surface area contributed by atoms with Gasteiger partial charge in [0.15, 0.2) is 5.78 Å². The van der Waals surface area contributed by atoms with Gasteiger partial charge in [0.2, 0.25) is 0 Å². The fourth-order valence-electron chi connectivity index (χ4n) is 2.55. The molecule has 0 fully saturated rings. The minimum atomic E-state index is -0.471. The number of nitrogens with one attached hydrogen (secondary N) is 1. The predicted molar refractivity (Wildman–Crippen MR) is 109 cm³/mol. The molecule has 142 valence electrons. The monoisotopic (exact) mass is 393 g/mol. The van der Waals surface area contributed by atoms with Gasteiger partial charge in [-0.1, -0.05) is 23.8 Å². The second kappa shape index (κ2) is 9.10. The summed E-state index contributed by atoms with van der Waals surface area (Å²) >= 11 is 1.36. The Balaban J connectivity index is 1.50. The summed E-state index contributed by atoms with van der Waals surface area (Å²) < 4.78 is 5.24. The average molecular weight is 393 g/mol. The van der Waals surface area contributed by atoms with E-state index in [9.17, 15) is 14.4 Å². The molecule has 5 nitrogen and oxygen atoms in total. The van der Waals surface area contributed by atoms with Crippen molar-refractivity contribution in [2.75, 3.05) is 5.32 Å². The van der Waals surface area contributed by atoms with Crippen molar-refractivity contribution in [3.05, 3.63) is 82.0 Å². The first-order valence-corrected chi connectivity index (χ1v) is 9.65. The third-order valence-electron chi connectivity index (χ3n) is 3.98. The van der Waals surface area contributed by atoms with Crippen molar-refractivity contribution >= 4 is 34.7 Å². The number of anilines is 1. The van der Waals surface area contributed by atoms with E-state index in [1.54, 1.807) is 42.5 Å². The molecule has 0 saturated carbocycles. The minimum Gasteiger partial charge on any atom is -0.427 e. The molecule has 0 bridgehead atoms. The Morgan fingerprint density at radius 1 is 0.964 bits per heavy atom. The van der Waals surface area contributed by atoms with Crippen LogP contribution in [-0.2, 0) is 4.79 Å². The van der Waals surface area contributed by atoms with Gasteiger partial charge in [0.25, 0.3) is 5.91 Å². The highest BCUT2D eigenvalue weighted by atomic mass is 32.1. The molecular formula is C22H19NO4S. The van der Waals surface area contributed by atoms with Gasteiger partial charge in [0.05, 0.1) is 11.3 Å². The Morgan fingerprint density at radius 2 is 1.75 bits per heavy atom. The lowest BCUT2D eigenvalue weighted by molar-refractivity contribution is -0.134. The molecule has 3 aromatic rings. The summed E-state index contributed by atoms with van der Waals surface area (Å²) in [5, 5.41) is 4.62. The van der Waals surface area contributed by atoms with Crippen LogP contribution in [0, 0.1) is 6.92 Å². The van der Waals surface area contributed by atoms with Crippen LogP contribution in [0.25, 0.3) is 0 Å². The van der Waals surface area contributed by atoms with E-state index in [-0.39, 0.29) is 24.5 Å². The topological polar surface area (TPSA) is 72.5 Å². The number of amides is 1. The fraction of sp³-hybridized carbons (Fsp3) is 0.136. The number of hydrogen-bond acceptors (Lipinski definition) is 5. The minimum absolute atomic E-state index is 0.0164. The van der Waals surface area contributed by atoms with Crippen molar-refractivity contribution < 1.29 is 19.1 Å². The quantitative estimate of drug-likeness (QED) is 0.353. The lowest BCUT2D eigenvalue weighted by atomic mass is 10.1. The summed E-state index contributed by atoms with van der Waals surface area (Å²) in [4.78, 5) is 36.7. The van der Waals surface area contributed by atoms with Crippen LogP contribution in [0.3, 0.4) is 0 Å². The molecule has 0 aliphatic rings. The zero-order chi connectivity index (χ0) is 19.9. The molecule has 28 heavy (non-hydrogen) atoms. The normalized spacial score (nSPS) is 10.3. The van der Waals surface area contributed by atoms with Crippen molar-refractivity contribution in [2.24, 2.45) is 0 Å². The third-order valence-corrected chi connectivity index (χ3v) is 4.89. The lowest BCUT2D eigenvalue weighted by Gasteiger charge is -2.08. The Morgan fingerprint density at radius 3 is 2.43 bits per heavy atom. The van der Waals surface area contributed by atoms with Crippen LogP contribution in [0.5, 0.6) is 5.75 Å². The molecule has 2 aromatic carbocycles. The first-order chi connectivity index (χ1) is 13.5. The highest BCUT2D eigenvalue weighted by Gasteiger charge is 2.12. The number of esters is 1. The number of Topliss-reactive ketones (excluding diaryl/α,β-unsaturated/α-hetero) is 1. The lowest BCUT2D eigenvalue weighted by Crippen LogP contribution is -2.12. The van der Waals surface area contributed by atoms with E-state index in [0.29, 0.717) is 21.9 Å². The molecule has 0 saturated heterocycles. The summed E-state index contributed by atoms with van der Waals surface area (Å²) in [5.41, 5.74) is 2.18. The van der Waals surface area contributed by atoms with Gasteiger partial charge in [-0.05, 0) is 54.8 Å². The van der Waals surface area contributed by atoms with E-state index in [2.05, 4.69) is 5.32 Å². The molecule has 1 N–H and O–H groups in total. The molecule has 0 aliphatic carbocycles. The molecule has 0 spiro atoms. The fourth-order valence-corrected chi connectivity index (χ4v) is 3.25. The van der Waals surface area contributed by atoms with Crippen LogP contribution in [0.4, 0.5) is 5.69 Å². The van der Waals surface area contributed by atoms with E-state index < -0.39 is 5.97 Å². The number of aryl methyl sites for hydroxylation is 1. The molecule has 1 amide bonds. The Bertz CT molecular complexity index is 978. The molecule has 0 aliphatic heterocycles. The third kappa shape index (κ3) is 5.37. The predicted octanol–water partition coefficient (Wildman–Crippen LogP) is 4.88. The Labute approximate surface area is 167 Å². The molecule has 0 atom stereocenters. The maximum atomic E-state index is 12.2. The Hall–Kier alpha value is -3.25. The van der Waals surface area contributed by atoms with Gasteiger partial charge < -0.3 is 10.1 Å². The van der Waals surface area contributed by atoms with E-state index in [4.69, 9.17) is 4.74 Å². The number of rotatable bonds is 7. The molecule has 3 rings (SSSR count). The highest BCUT2D eigenvalue weighted by molar-refractivity contribution is 7.12. The standard InChI is InChI=1S/C22H19NO4S/c1-15-4-2-5-16(14-15)22(26)23-17-7-9-18(10-8-17)27-21(25)12-11-19(24)20-6-3-13-28-20/h2-10,13-14H,11-12H2,1H3,(H,23,26). The first-order valence-electron chi connectivity index (χ1n) is 8.77. The molecule has 6 heteroatoms. The largest absolute Gasteiger partial charge is 0.427 e. The number of carbonyl (C=O) groups is 3. The van der Waals surface area contributed by atoms with Gasteiger partial charge in [-0.3, -0.25) is 14.4 Å². The zero-order valence-electron chi connectivity index (χ0n) is 15.3. The van der Waals surface area contributed by atoms with Gasteiger partial charge in [-0.2, -0.15) is 0 Å². The van der Waals surface area contributed by atoms with Crippen LogP contribution in [0.15, 0.2) is 66.0 Å². The Kier molecular flexibility index (Phi) is 6.34. The van der Waals surface area contributed by atoms with Gasteiger partial charge in [0, 0.05) is 17.7 Å². The van der Waals surface area contributed by atoms with E-state index in [0.717, 1.165) is 5.56 Å². The second-order valence-corrected chi connectivity index (χ2v) is 7.17. The second-order valence-electron chi connectivity index (χ2n) is 6.22. The van der Waals surface area contributed by atoms with Crippen LogP contribution in [-0.4, -0.2) is 17.7 Å². The summed E-state index contributed by atoms with van der Waals surface area (Å²) in [7, 11) is 0. The van der Waals surface area contributed by atoms with Crippen LogP contribution >= 0.6 is 11.3 Å². The van der Waals surface area contributed by atoms with E-state index >= 15 is 0 Å². The number of hydrogen-bond donors (Lipinski definition) is 1. The van der Waals surface area contributed by atoms with Gasteiger partial charge >= 0.3 is 5.97 Å². The number of benzene rings is 2. The van der Waals surface area contributed by atoms with Gasteiger partial charge in [-0.25, -0.2) is 0 Å². The van der Waals surface area contributed by atoms with Gasteiger partial charge in [0.1, 0.15) is 5.75 Å². The SMILES string of the molecule is Cc1cccc(C(=O)Nc2ccc(OC(=O)CCC(=O)c3cccs3)cc2)c1. The summed E-state index contributed by atoms with van der Waals surface area (Å²) in [5.74, 6) is -0.384. The van der Waals surface area contributed by atoms with Crippen molar-refractivity contribution in [3.63, 3.8) is 0 Å². The number of ether oxygens (including phenoxy) is 1.